The van der Waals surface area contributed by atoms with Crippen molar-refractivity contribution in [2.75, 3.05) is 40.3 Å². The summed E-state index contributed by atoms with van der Waals surface area (Å²) < 4.78 is 5.22. The zero-order valence-corrected chi connectivity index (χ0v) is 11.3. The number of hydrogen-bond acceptors (Lipinski definition) is 4. The molecule has 1 aliphatic rings. The SMILES string of the molecule is COc1cccc(CNCC2CN(C)CCN2)c1. The van der Waals surface area contributed by atoms with Gasteiger partial charge < -0.3 is 20.3 Å². The number of hydrogen-bond donors (Lipinski definition) is 2. The van der Waals surface area contributed by atoms with E-state index in [1.54, 1.807) is 7.11 Å². The Bertz CT molecular complexity index is 370. The third kappa shape index (κ3) is 3.98. The highest BCUT2D eigenvalue weighted by molar-refractivity contribution is 5.28. The van der Waals surface area contributed by atoms with Crippen molar-refractivity contribution in [2.45, 2.75) is 12.6 Å². The molecule has 0 spiro atoms. The molecule has 1 fully saturated rings. The van der Waals surface area contributed by atoms with Crippen molar-refractivity contribution in [2.24, 2.45) is 0 Å². The minimum absolute atomic E-state index is 0.550. The van der Waals surface area contributed by atoms with Gasteiger partial charge in [0.25, 0.3) is 0 Å². The van der Waals surface area contributed by atoms with Gasteiger partial charge in [-0.05, 0) is 24.7 Å². The van der Waals surface area contributed by atoms with E-state index in [4.69, 9.17) is 4.74 Å². The molecular formula is C14H23N3O. The Morgan fingerprint density at radius 2 is 2.39 bits per heavy atom. The van der Waals surface area contributed by atoms with E-state index in [9.17, 15) is 0 Å². The molecule has 1 aromatic rings. The normalized spacial score (nSPS) is 20.9. The summed E-state index contributed by atoms with van der Waals surface area (Å²) in [5.41, 5.74) is 1.26. The summed E-state index contributed by atoms with van der Waals surface area (Å²) in [6, 6.07) is 8.75. The summed E-state index contributed by atoms with van der Waals surface area (Å²) >= 11 is 0. The van der Waals surface area contributed by atoms with Crippen molar-refractivity contribution in [3.8, 4) is 5.75 Å². The Kier molecular flexibility index (Phi) is 4.99. The van der Waals surface area contributed by atoms with Gasteiger partial charge in [0.2, 0.25) is 0 Å². The minimum atomic E-state index is 0.550. The first-order valence-electron chi connectivity index (χ1n) is 6.53. The Labute approximate surface area is 109 Å². The maximum Gasteiger partial charge on any atom is 0.119 e. The lowest BCUT2D eigenvalue weighted by atomic mass is 10.2. The second-order valence-electron chi connectivity index (χ2n) is 4.90. The molecule has 0 saturated carbocycles. The monoisotopic (exact) mass is 249 g/mol. The Hall–Kier alpha value is -1.10. The fourth-order valence-corrected chi connectivity index (χ4v) is 2.30. The maximum atomic E-state index is 5.22. The van der Waals surface area contributed by atoms with Crippen LogP contribution in [0.3, 0.4) is 0 Å². The van der Waals surface area contributed by atoms with Gasteiger partial charge >= 0.3 is 0 Å². The molecule has 0 radical (unpaired) electrons. The van der Waals surface area contributed by atoms with E-state index in [0.29, 0.717) is 6.04 Å². The smallest absolute Gasteiger partial charge is 0.119 e. The van der Waals surface area contributed by atoms with Gasteiger partial charge in [-0.15, -0.1) is 0 Å². The van der Waals surface area contributed by atoms with Crippen LogP contribution in [0.1, 0.15) is 5.56 Å². The Balaban J connectivity index is 1.74. The second-order valence-corrected chi connectivity index (χ2v) is 4.90. The van der Waals surface area contributed by atoms with E-state index < -0.39 is 0 Å². The van der Waals surface area contributed by atoms with Gasteiger partial charge in [-0.1, -0.05) is 12.1 Å². The lowest BCUT2D eigenvalue weighted by Gasteiger charge is -2.31. The minimum Gasteiger partial charge on any atom is -0.497 e. The zero-order chi connectivity index (χ0) is 12.8. The Morgan fingerprint density at radius 1 is 1.50 bits per heavy atom. The van der Waals surface area contributed by atoms with Crippen LogP contribution < -0.4 is 15.4 Å². The number of nitrogens with one attached hydrogen (secondary N) is 2. The van der Waals surface area contributed by atoms with Crippen LogP contribution >= 0.6 is 0 Å². The molecule has 1 aliphatic heterocycles. The van der Waals surface area contributed by atoms with Gasteiger partial charge in [0.1, 0.15) is 5.75 Å². The highest BCUT2D eigenvalue weighted by Gasteiger charge is 2.15. The highest BCUT2D eigenvalue weighted by atomic mass is 16.5. The largest absolute Gasteiger partial charge is 0.497 e. The van der Waals surface area contributed by atoms with Gasteiger partial charge in [-0.2, -0.15) is 0 Å². The first-order chi connectivity index (χ1) is 8.78. The van der Waals surface area contributed by atoms with E-state index in [2.05, 4.69) is 34.7 Å². The van der Waals surface area contributed by atoms with E-state index in [1.807, 2.05) is 12.1 Å². The first-order valence-corrected chi connectivity index (χ1v) is 6.53. The number of piperazine rings is 1. The van der Waals surface area contributed by atoms with Crippen LogP contribution in [-0.4, -0.2) is 51.3 Å². The number of likely N-dealkylation sites (N-methyl/N-ethyl adjacent to an activating group) is 1. The molecule has 0 aromatic heterocycles. The van der Waals surface area contributed by atoms with Crippen LogP contribution in [0, 0.1) is 0 Å². The molecular weight excluding hydrogens is 226 g/mol. The zero-order valence-electron chi connectivity index (χ0n) is 11.3. The predicted octanol–water partition coefficient (Wildman–Crippen LogP) is 0.688. The average Bonchev–Trinajstić information content (AvgIpc) is 2.39. The van der Waals surface area contributed by atoms with Crippen molar-refractivity contribution >= 4 is 0 Å². The summed E-state index contributed by atoms with van der Waals surface area (Å²) in [5, 5.41) is 7.03. The van der Waals surface area contributed by atoms with Crippen LogP contribution in [-0.2, 0) is 6.54 Å². The van der Waals surface area contributed by atoms with Crippen LogP contribution in [0.25, 0.3) is 0 Å². The van der Waals surface area contributed by atoms with Gasteiger partial charge in [0, 0.05) is 38.8 Å². The van der Waals surface area contributed by atoms with Gasteiger partial charge in [0.15, 0.2) is 0 Å². The van der Waals surface area contributed by atoms with E-state index in [-0.39, 0.29) is 0 Å². The third-order valence-electron chi connectivity index (χ3n) is 3.31. The van der Waals surface area contributed by atoms with Crippen molar-refractivity contribution in [3.63, 3.8) is 0 Å². The van der Waals surface area contributed by atoms with Crippen LogP contribution in [0.5, 0.6) is 5.75 Å². The van der Waals surface area contributed by atoms with Crippen LogP contribution in [0.15, 0.2) is 24.3 Å². The van der Waals surface area contributed by atoms with Crippen LogP contribution in [0.4, 0.5) is 0 Å². The topological polar surface area (TPSA) is 36.5 Å². The molecule has 4 heteroatoms. The number of rotatable bonds is 5. The molecule has 0 amide bonds. The molecule has 1 heterocycles. The van der Waals surface area contributed by atoms with Crippen LogP contribution in [0.2, 0.25) is 0 Å². The summed E-state index contributed by atoms with van der Waals surface area (Å²) in [6.45, 7) is 5.24. The lowest BCUT2D eigenvalue weighted by Crippen LogP contribution is -2.52. The molecule has 2 N–H and O–H groups in total. The molecule has 0 aliphatic carbocycles. The van der Waals surface area contributed by atoms with Gasteiger partial charge in [-0.25, -0.2) is 0 Å². The number of benzene rings is 1. The summed E-state index contributed by atoms with van der Waals surface area (Å²) in [6.07, 6.45) is 0. The first kappa shape index (κ1) is 13.3. The molecule has 1 saturated heterocycles. The van der Waals surface area contributed by atoms with E-state index in [0.717, 1.165) is 38.5 Å². The number of ether oxygens (including phenoxy) is 1. The third-order valence-corrected chi connectivity index (χ3v) is 3.31. The Morgan fingerprint density at radius 3 is 3.17 bits per heavy atom. The van der Waals surface area contributed by atoms with E-state index in [1.165, 1.54) is 5.56 Å². The summed E-state index contributed by atoms with van der Waals surface area (Å²) in [5.74, 6) is 0.921. The van der Waals surface area contributed by atoms with Gasteiger partial charge in [-0.3, -0.25) is 0 Å². The summed E-state index contributed by atoms with van der Waals surface area (Å²) in [7, 11) is 3.88. The van der Waals surface area contributed by atoms with Crippen molar-refractivity contribution in [1.29, 1.82) is 0 Å². The maximum absolute atomic E-state index is 5.22. The van der Waals surface area contributed by atoms with Crippen molar-refractivity contribution < 1.29 is 4.74 Å². The number of nitrogens with zero attached hydrogens (tertiary/aromatic N) is 1. The second kappa shape index (κ2) is 6.73. The van der Waals surface area contributed by atoms with Crippen molar-refractivity contribution in [3.05, 3.63) is 29.8 Å². The molecule has 0 bridgehead atoms. The predicted molar refractivity (Wildman–Crippen MR) is 74.0 cm³/mol. The molecule has 1 atom stereocenters. The van der Waals surface area contributed by atoms with Gasteiger partial charge in [0.05, 0.1) is 7.11 Å². The average molecular weight is 249 g/mol. The standard InChI is InChI=1S/C14H23N3O/c1-17-7-6-16-13(11-17)10-15-9-12-4-3-5-14(8-12)18-2/h3-5,8,13,15-16H,6-7,9-11H2,1-2H3. The summed E-state index contributed by atoms with van der Waals surface area (Å²) in [4.78, 5) is 2.37. The quantitative estimate of drug-likeness (QED) is 0.805. The molecule has 100 valence electrons. The lowest BCUT2D eigenvalue weighted by molar-refractivity contribution is 0.235. The highest BCUT2D eigenvalue weighted by Crippen LogP contribution is 2.12. The fourth-order valence-electron chi connectivity index (χ4n) is 2.30. The molecule has 2 rings (SSSR count). The number of methoxy groups -OCH3 is 1. The molecule has 4 nitrogen and oxygen atoms in total. The molecule has 18 heavy (non-hydrogen) atoms. The molecule has 1 unspecified atom stereocenters. The molecule has 1 aromatic carbocycles. The van der Waals surface area contributed by atoms with Crippen molar-refractivity contribution in [1.82, 2.24) is 15.5 Å². The fraction of sp³-hybridized carbons (Fsp3) is 0.571. The van der Waals surface area contributed by atoms with E-state index >= 15 is 0 Å².